The normalized spacial score (nSPS) is 11.6. The van der Waals surface area contributed by atoms with Crippen LogP contribution in [0.2, 0.25) is 0 Å². The Morgan fingerprint density at radius 3 is 2.36 bits per heavy atom. The fraction of sp³-hybridized carbons (Fsp3) is 0.333. The second-order valence-electron chi connectivity index (χ2n) is 8.74. The molecule has 0 saturated heterocycles. The molecule has 1 amide bonds. The van der Waals surface area contributed by atoms with Gasteiger partial charge in [0.15, 0.2) is 6.10 Å². The first kappa shape index (κ1) is 27.0. The summed E-state index contributed by atoms with van der Waals surface area (Å²) in [4.78, 5) is 26.2. The van der Waals surface area contributed by atoms with Crippen LogP contribution in [0, 0.1) is 0 Å². The van der Waals surface area contributed by atoms with Crippen LogP contribution in [0.5, 0.6) is 5.75 Å². The summed E-state index contributed by atoms with van der Waals surface area (Å²) in [6.07, 6.45) is 1.45. The van der Waals surface area contributed by atoms with E-state index in [2.05, 4.69) is 13.0 Å². The summed E-state index contributed by atoms with van der Waals surface area (Å²) in [7, 11) is 1.80. The molecule has 0 aromatic heterocycles. The molecule has 3 aromatic rings. The number of aliphatic carboxylic acids is 1. The van der Waals surface area contributed by atoms with Gasteiger partial charge in [0.2, 0.25) is 0 Å². The van der Waals surface area contributed by atoms with Crippen LogP contribution in [0.1, 0.15) is 48.2 Å². The zero-order chi connectivity index (χ0) is 25.9. The molecular weight excluding hydrogens is 454 g/mol. The molecule has 0 aliphatic carbocycles. The van der Waals surface area contributed by atoms with E-state index in [1.165, 1.54) is 0 Å². The van der Waals surface area contributed by atoms with Gasteiger partial charge in [-0.25, -0.2) is 4.79 Å². The molecule has 0 aliphatic rings. The Kier molecular flexibility index (Phi) is 10.1. The van der Waals surface area contributed by atoms with Crippen molar-refractivity contribution in [2.45, 2.75) is 45.8 Å². The predicted molar refractivity (Wildman–Crippen MR) is 141 cm³/mol. The van der Waals surface area contributed by atoms with Crippen molar-refractivity contribution in [3.63, 3.8) is 0 Å². The van der Waals surface area contributed by atoms with Crippen LogP contribution in [0.15, 0.2) is 72.8 Å². The fourth-order valence-corrected chi connectivity index (χ4v) is 3.96. The lowest BCUT2D eigenvalue weighted by atomic mass is 9.99. The van der Waals surface area contributed by atoms with Gasteiger partial charge in [0.25, 0.3) is 5.91 Å². The summed E-state index contributed by atoms with van der Waals surface area (Å²) in [5.41, 5.74) is 4.53. The number of carboxylic acids is 1. The number of amides is 1. The maximum atomic E-state index is 13.2. The van der Waals surface area contributed by atoms with Crippen LogP contribution >= 0.6 is 0 Å². The first-order chi connectivity index (χ1) is 17.4. The molecule has 1 atom stereocenters. The van der Waals surface area contributed by atoms with Crippen LogP contribution in [0.3, 0.4) is 0 Å². The average Bonchev–Trinajstić information content (AvgIpc) is 2.89. The third kappa shape index (κ3) is 7.43. The first-order valence-corrected chi connectivity index (χ1v) is 12.4. The Bertz CT molecular complexity index is 1140. The minimum atomic E-state index is -0.956. The summed E-state index contributed by atoms with van der Waals surface area (Å²) in [5, 5.41) is 9.32. The minimum Gasteiger partial charge on any atom is -0.493 e. The summed E-state index contributed by atoms with van der Waals surface area (Å²) in [6.45, 7) is 5.30. The highest BCUT2D eigenvalue weighted by molar-refractivity contribution is 5.96. The Hall–Kier alpha value is -3.64. The summed E-state index contributed by atoms with van der Waals surface area (Å²) in [5.74, 6) is -0.423. The van der Waals surface area contributed by atoms with Crippen molar-refractivity contribution in [1.29, 1.82) is 0 Å². The Morgan fingerprint density at radius 2 is 1.67 bits per heavy atom. The van der Waals surface area contributed by atoms with E-state index in [-0.39, 0.29) is 5.91 Å². The number of para-hydroxylation sites is 1. The van der Waals surface area contributed by atoms with Crippen molar-refractivity contribution in [2.75, 3.05) is 20.3 Å². The van der Waals surface area contributed by atoms with Crippen molar-refractivity contribution < 1.29 is 24.2 Å². The Balaban J connectivity index is 1.69. The number of nitrogens with zero attached hydrogens (tertiary/aromatic N) is 1. The molecule has 0 heterocycles. The van der Waals surface area contributed by atoms with Crippen molar-refractivity contribution in [2.24, 2.45) is 0 Å². The molecular formula is C30H35NO5. The average molecular weight is 490 g/mol. The van der Waals surface area contributed by atoms with Gasteiger partial charge in [-0.1, -0.05) is 67.9 Å². The SMILES string of the molecule is CCCCOc1ccccc1C(=O)N(C)Cc1cccc(-c2ccc(C[C@H](OCC)C(=O)O)cc2)c1. The molecule has 6 heteroatoms. The van der Waals surface area contributed by atoms with Gasteiger partial charge in [0, 0.05) is 26.6 Å². The van der Waals surface area contributed by atoms with Gasteiger partial charge in [-0.15, -0.1) is 0 Å². The number of carbonyl (C=O) groups is 2. The maximum absolute atomic E-state index is 13.2. The molecule has 0 aliphatic heterocycles. The molecule has 3 rings (SSSR count). The van der Waals surface area contributed by atoms with E-state index < -0.39 is 12.1 Å². The standard InChI is InChI=1S/C30H35NO5/c1-4-6-18-36-27-13-8-7-12-26(27)29(32)31(3)21-23-10-9-11-25(19-23)24-16-14-22(15-17-24)20-28(30(33)34)35-5-2/h7-17,19,28H,4-6,18,20-21H2,1-3H3,(H,33,34)/t28-/m0/s1. The fourth-order valence-electron chi connectivity index (χ4n) is 3.96. The highest BCUT2D eigenvalue weighted by Gasteiger charge is 2.19. The molecule has 6 nitrogen and oxygen atoms in total. The third-order valence-electron chi connectivity index (χ3n) is 5.92. The molecule has 0 radical (unpaired) electrons. The number of rotatable bonds is 13. The highest BCUT2D eigenvalue weighted by atomic mass is 16.5. The molecule has 3 aromatic carbocycles. The topological polar surface area (TPSA) is 76.1 Å². The zero-order valence-electron chi connectivity index (χ0n) is 21.3. The molecule has 0 fully saturated rings. The monoisotopic (exact) mass is 489 g/mol. The second-order valence-corrected chi connectivity index (χ2v) is 8.74. The summed E-state index contributed by atoms with van der Waals surface area (Å²) >= 11 is 0. The number of benzene rings is 3. The van der Waals surface area contributed by atoms with Gasteiger partial charge in [-0.05, 0) is 53.8 Å². The largest absolute Gasteiger partial charge is 0.493 e. The van der Waals surface area contributed by atoms with Crippen molar-refractivity contribution in [3.05, 3.63) is 89.5 Å². The number of hydrogen-bond acceptors (Lipinski definition) is 4. The second kappa shape index (κ2) is 13.4. The quantitative estimate of drug-likeness (QED) is 0.305. The molecule has 0 spiro atoms. The predicted octanol–water partition coefficient (Wildman–Crippen LogP) is 5.84. The van der Waals surface area contributed by atoms with E-state index in [9.17, 15) is 14.7 Å². The Labute approximate surface area is 213 Å². The molecule has 1 N–H and O–H groups in total. The molecule has 36 heavy (non-hydrogen) atoms. The lowest BCUT2D eigenvalue weighted by molar-refractivity contribution is -0.149. The molecule has 0 unspecified atom stereocenters. The minimum absolute atomic E-state index is 0.0841. The summed E-state index contributed by atoms with van der Waals surface area (Å²) < 4.78 is 11.2. The molecule has 0 bridgehead atoms. The number of carboxylic acid groups (broad SMARTS) is 1. The maximum Gasteiger partial charge on any atom is 0.333 e. The van der Waals surface area contributed by atoms with Gasteiger partial charge in [0.1, 0.15) is 5.75 Å². The van der Waals surface area contributed by atoms with Crippen LogP contribution in [0.4, 0.5) is 0 Å². The molecule has 190 valence electrons. The zero-order valence-corrected chi connectivity index (χ0v) is 21.3. The first-order valence-electron chi connectivity index (χ1n) is 12.4. The van der Waals surface area contributed by atoms with E-state index in [4.69, 9.17) is 9.47 Å². The molecule has 0 saturated carbocycles. The lowest BCUT2D eigenvalue weighted by Crippen LogP contribution is -2.26. The van der Waals surface area contributed by atoms with E-state index in [0.29, 0.717) is 37.5 Å². The van der Waals surface area contributed by atoms with Gasteiger partial charge >= 0.3 is 5.97 Å². The van der Waals surface area contributed by atoms with Crippen LogP contribution in [-0.4, -0.2) is 48.2 Å². The number of carbonyl (C=O) groups excluding carboxylic acids is 1. The van der Waals surface area contributed by atoms with Gasteiger partial charge in [-0.3, -0.25) is 4.79 Å². The van der Waals surface area contributed by atoms with E-state index in [1.807, 2.05) is 60.7 Å². The highest BCUT2D eigenvalue weighted by Crippen LogP contribution is 2.24. The van der Waals surface area contributed by atoms with E-state index in [0.717, 1.165) is 35.1 Å². The van der Waals surface area contributed by atoms with Crippen molar-refractivity contribution in [1.82, 2.24) is 4.90 Å². The Morgan fingerprint density at radius 1 is 0.917 bits per heavy atom. The van der Waals surface area contributed by atoms with Gasteiger partial charge in [0.05, 0.1) is 12.2 Å². The van der Waals surface area contributed by atoms with Gasteiger partial charge in [-0.2, -0.15) is 0 Å². The number of ether oxygens (including phenoxy) is 2. The number of hydrogen-bond donors (Lipinski definition) is 1. The van der Waals surface area contributed by atoms with Crippen LogP contribution in [0.25, 0.3) is 11.1 Å². The summed E-state index contributed by atoms with van der Waals surface area (Å²) in [6, 6.07) is 23.3. The van der Waals surface area contributed by atoms with E-state index >= 15 is 0 Å². The van der Waals surface area contributed by atoms with E-state index in [1.54, 1.807) is 24.9 Å². The van der Waals surface area contributed by atoms with Crippen molar-refractivity contribution in [3.8, 4) is 16.9 Å². The lowest BCUT2D eigenvalue weighted by Gasteiger charge is -2.20. The third-order valence-corrected chi connectivity index (χ3v) is 5.92. The smallest absolute Gasteiger partial charge is 0.333 e. The number of unbranched alkanes of at least 4 members (excludes halogenated alkanes) is 1. The van der Waals surface area contributed by atoms with Gasteiger partial charge < -0.3 is 19.5 Å². The van der Waals surface area contributed by atoms with Crippen LogP contribution < -0.4 is 4.74 Å². The van der Waals surface area contributed by atoms with Crippen LogP contribution in [-0.2, 0) is 22.5 Å². The van der Waals surface area contributed by atoms with Crippen molar-refractivity contribution >= 4 is 11.9 Å².